The smallest absolute Gasteiger partial charge is 0.289 e. The van der Waals surface area contributed by atoms with E-state index in [1.54, 1.807) is 24.3 Å². The molecule has 0 spiro atoms. The van der Waals surface area contributed by atoms with E-state index in [0.717, 1.165) is 0 Å². The van der Waals surface area contributed by atoms with E-state index in [0.29, 0.717) is 34.1 Å². The van der Waals surface area contributed by atoms with Gasteiger partial charge in [-0.1, -0.05) is 12.1 Å². The molecule has 3 aromatic rings. The van der Waals surface area contributed by atoms with Gasteiger partial charge in [-0.3, -0.25) is 20.0 Å². The van der Waals surface area contributed by atoms with E-state index in [2.05, 4.69) is 20.7 Å². The molecule has 2 aromatic carbocycles. The highest BCUT2D eigenvalue weighted by molar-refractivity contribution is 5.94. The normalized spacial score (nSPS) is 10.7. The Labute approximate surface area is 176 Å². The van der Waals surface area contributed by atoms with Gasteiger partial charge in [0.15, 0.2) is 11.5 Å². The number of hydrazone groups is 1. The third-order valence-corrected chi connectivity index (χ3v) is 4.24. The van der Waals surface area contributed by atoms with Gasteiger partial charge in [-0.25, -0.2) is 5.43 Å². The van der Waals surface area contributed by atoms with Crippen molar-refractivity contribution in [2.75, 3.05) is 21.3 Å². The van der Waals surface area contributed by atoms with Gasteiger partial charge in [0.1, 0.15) is 5.69 Å². The van der Waals surface area contributed by atoms with Gasteiger partial charge >= 0.3 is 0 Å². The number of benzene rings is 2. The van der Waals surface area contributed by atoms with E-state index in [-0.39, 0.29) is 11.4 Å². The van der Waals surface area contributed by atoms with Crippen molar-refractivity contribution in [3.63, 3.8) is 0 Å². The standard InChI is InChI=1S/C20H19N5O6/c1-29-17-7-12(8-18(30-2)19(17)31-3)11-21-24-20(26)16-10-15(22-23-16)13-5-4-6-14(9-13)25(27)28/h4-11H,1-3H3,(H,22,23)(H,24,26)/b21-11-. The second-order valence-electron chi connectivity index (χ2n) is 6.13. The van der Waals surface area contributed by atoms with Gasteiger partial charge in [-0.15, -0.1) is 0 Å². The lowest BCUT2D eigenvalue weighted by molar-refractivity contribution is -0.384. The summed E-state index contributed by atoms with van der Waals surface area (Å²) in [5.74, 6) is 0.805. The Balaban J connectivity index is 1.73. The first kappa shape index (κ1) is 21.3. The van der Waals surface area contributed by atoms with E-state index >= 15 is 0 Å². The summed E-state index contributed by atoms with van der Waals surface area (Å²) < 4.78 is 15.8. The molecule has 2 N–H and O–H groups in total. The molecule has 1 amide bonds. The molecule has 0 unspecified atom stereocenters. The van der Waals surface area contributed by atoms with E-state index in [1.165, 1.54) is 45.7 Å². The van der Waals surface area contributed by atoms with Crippen LogP contribution in [0.4, 0.5) is 5.69 Å². The van der Waals surface area contributed by atoms with E-state index in [4.69, 9.17) is 14.2 Å². The number of ether oxygens (including phenoxy) is 3. The van der Waals surface area contributed by atoms with Crippen molar-refractivity contribution in [3.8, 4) is 28.5 Å². The number of non-ortho nitro benzene ring substituents is 1. The molecule has 1 aromatic heterocycles. The molecule has 0 fully saturated rings. The molecule has 0 radical (unpaired) electrons. The predicted molar refractivity (Wildman–Crippen MR) is 112 cm³/mol. The van der Waals surface area contributed by atoms with Crippen LogP contribution in [0.5, 0.6) is 17.2 Å². The van der Waals surface area contributed by atoms with Crippen LogP contribution in [0.15, 0.2) is 47.6 Å². The summed E-state index contributed by atoms with van der Waals surface area (Å²) in [5.41, 5.74) is 3.96. The fourth-order valence-electron chi connectivity index (χ4n) is 2.77. The SMILES string of the molecule is COc1cc(/C=N\NC(=O)c2cc(-c3cccc([N+](=O)[O-])c3)n[nH]2)cc(OC)c1OC. The molecule has 11 nitrogen and oxygen atoms in total. The summed E-state index contributed by atoms with van der Waals surface area (Å²) in [7, 11) is 4.50. The zero-order chi connectivity index (χ0) is 22.4. The van der Waals surface area contributed by atoms with Crippen LogP contribution in [0.3, 0.4) is 0 Å². The summed E-state index contributed by atoms with van der Waals surface area (Å²) in [4.78, 5) is 22.8. The number of aromatic nitrogens is 2. The molecule has 160 valence electrons. The molecule has 1 heterocycles. The second-order valence-corrected chi connectivity index (χ2v) is 6.13. The Kier molecular flexibility index (Phi) is 6.45. The number of nitrogens with one attached hydrogen (secondary N) is 2. The van der Waals surface area contributed by atoms with Gasteiger partial charge in [0.25, 0.3) is 11.6 Å². The second kappa shape index (κ2) is 9.39. The minimum Gasteiger partial charge on any atom is -0.493 e. The summed E-state index contributed by atoms with van der Waals surface area (Å²) in [5, 5.41) is 21.5. The van der Waals surface area contributed by atoms with E-state index in [1.807, 2.05) is 0 Å². The van der Waals surface area contributed by atoms with Crippen molar-refractivity contribution < 1.29 is 23.9 Å². The zero-order valence-corrected chi connectivity index (χ0v) is 16.9. The fraction of sp³-hybridized carbons (Fsp3) is 0.150. The van der Waals surface area contributed by atoms with Gasteiger partial charge in [-0.05, 0) is 18.2 Å². The van der Waals surface area contributed by atoms with Gasteiger partial charge in [-0.2, -0.15) is 10.2 Å². The lowest BCUT2D eigenvalue weighted by atomic mass is 10.1. The summed E-state index contributed by atoms with van der Waals surface area (Å²) in [6, 6.07) is 10.8. The third kappa shape index (κ3) is 4.78. The number of nitro groups is 1. The van der Waals surface area contributed by atoms with Crippen LogP contribution >= 0.6 is 0 Å². The van der Waals surface area contributed by atoms with Crippen molar-refractivity contribution >= 4 is 17.8 Å². The van der Waals surface area contributed by atoms with Crippen LogP contribution in [-0.4, -0.2) is 48.6 Å². The molecule has 0 aliphatic heterocycles. The molecule has 0 aliphatic carbocycles. The van der Waals surface area contributed by atoms with Crippen molar-refractivity contribution in [3.05, 3.63) is 63.8 Å². The summed E-state index contributed by atoms with van der Waals surface area (Å²) in [6.07, 6.45) is 1.42. The van der Waals surface area contributed by atoms with Crippen LogP contribution in [0.25, 0.3) is 11.3 Å². The predicted octanol–water partition coefficient (Wildman–Crippen LogP) is 2.77. The fourth-order valence-corrected chi connectivity index (χ4v) is 2.77. The van der Waals surface area contributed by atoms with Crippen LogP contribution < -0.4 is 19.6 Å². The van der Waals surface area contributed by atoms with Gasteiger partial charge in [0, 0.05) is 23.3 Å². The van der Waals surface area contributed by atoms with Crippen LogP contribution in [0.1, 0.15) is 16.1 Å². The van der Waals surface area contributed by atoms with Crippen molar-refractivity contribution in [2.45, 2.75) is 0 Å². The number of carbonyl (C=O) groups is 1. The number of nitro benzene ring substituents is 1. The number of carbonyl (C=O) groups excluding carboxylic acids is 1. The lowest BCUT2D eigenvalue weighted by Gasteiger charge is -2.12. The third-order valence-electron chi connectivity index (χ3n) is 4.24. The summed E-state index contributed by atoms with van der Waals surface area (Å²) >= 11 is 0. The monoisotopic (exact) mass is 425 g/mol. The zero-order valence-electron chi connectivity index (χ0n) is 16.9. The topological polar surface area (TPSA) is 141 Å². The first-order chi connectivity index (χ1) is 15.0. The molecule has 31 heavy (non-hydrogen) atoms. The number of H-pyrrole nitrogens is 1. The van der Waals surface area contributed by atoms with Crippen molar-refractivity contribution in [1.82, 2.24) is 15.6 Å². The Hall–Kier alpha value is -4.41. The van der Waals surface area contributed by atoms with Gasteiger partial charge in [0.05, 0.1) is 38.2 Å². The number of hydrogen-bond donors (Lipinski definition) is 2. The minimum atomic E-state index is -0.534. The molecule has 0 bridgehead atoms. The maximum Gasteiger partial charge on any atom is 0.289 e. The number of nitrogens with zero attached hydrogens (tertiary/aromatic N) is 3. The Morgan fingerprint density at radius 1 is 1.13 bits per heavy atom. The van der Waals surface area contributed by atoms with E-state index in [9.17, 15) is 14.9 Å². The summed E-state index contributed by atoms with van der Waals surface area (Å²) in [6.45, 7) is 0. The van der Waals surface area contributed by atoms with Crippen LogP contribution in [-0.2, 0) is 0 Å². The molecule has 0 saturated carbocycles. The van der Waals surface area contributed by atoms with Gasteiger partial charge < -0.3 is 14.2 Å². The highest BCUT2D eigenvalue weighted by Crippen LogP contribution is 2.37. The van der Waals surface area contributed by atoms with Crippen molar-refractivity contribution in [2.24, 2.45) is 5.10 Å². The number of rotatable bonds is 8. The Morgan fingerprint density at radius 3 is 2.45 bits per heavy atom. The number of aromatic amines is 1. The number of hydrogen-bond acceptors (Lipinski definition) is 8. The Bertz CT molecular complexity index is 1120. The van der Waals surface area contributed by atoms with Crippen LogP contribution in [0.2, 0.25) is 0 Å². The molecular weight excluding hydrogens is 406 g/mol. The highest BCUT2D eigenvalue weighted by Gasteiger charge is 2.14. The van der Waals surface area contributed by atoms with Crippen LogP contribution in [0, 0.1) is 10.1 Å². The minimum absolute atomic E-state index is 0.0681. The average molecular weight is 425 g/mol. The van der Waals surface area contributed by atoms with Crippen molar-refractivity contribution in [1.29, 1.82) is 0 Å². The first-order valence-electron chi connectivity index (χ1n) is 8.90. The maximum atomic E-state index is 12.3. The van der Waals surface area contributed by atoms with E-state index < -0.39 is 10.8 Å². The molecule has 0 aliphatic rings. The molecule has 3 rings (SSSR count). The maximum absolute atomic E-state index is 12.3. The first-order valence-corrected chi connectivity index (χ1v) is 8.90. The number of methoxy groups -OCH3 is 3. The quantitative estimate of drug-likeness (QED) is 0.321. The molecular formula is C20H19N5O6. The Morgan fingerprint density at radius 2 is 1.84 bits per heavy atom. The average Bonchev–Trinajstić information content (AvgIpc) is 3.28. The molecule has 0 saturated heterocycles. The highest BCUT2D eigenvalue weighted by atomic mass is 16.6. The number of amides is 1. The van der Waals surface area contributed by atoms with Gasteiger partial charge in [0.2, 0.25) is 5.75 Å². The lowest BCUT2D eigenvalue weighted by Crippen LogP contribution is -2.18. The largest absolute Gasteiger partial charge is 0.493 e. The molecule has 0 atom stereocenters. The molecule has 11 heteroatoms.